The van der Waals surface area contributed by atoms with Crippen molar-refractivity contribution in [3.63, 3.8) is 0 Å². The summed E-state index contributed by atoms with van der Waals surface area (Å²) in [6.45, 7) is 1.19. The summed E-state index contributed by atoms with van der Waals surface area (Å²) in [5.74, 6) is 1.000. The Hall–Kier alpha value is -2.33. The third-order valence-electron chi connectivity index (χ3n) is 3.86. The average molecular weight is 296 g/mol. The molecule has 22 heavy (non-hydrogen) atoms. The second kappa shape index (κ2) is 6.62. The molecule has 1 heterocycles. The molecular formula is C18H20N2O2. The molecule has 1 aliphatic heterocycles. The van der Waals surface area contributed by atoms with E-state index >= 15 is 0 Å². The predicted octanol–water partition coefficient (Wildman–Crippen LogP) is 2.20. The highest BCUT2D eigenvalue weighted by molar-refractivity contribution is 5.83. The van der Waals surface area contributed by atoms with Crippen molar-refractivity contribution in [2.24, 2.45) is 0 Å². The van der Waals surface area contributed by atoms with Crippen molar-refractivity contribution in [3.05, 3.63) is 65.7 Å². The van der Waals surface area contributed by atoms with Gasteiger partial charge >= 0.3 is 0 Å². The molecule has 1 fully saturated rings. The smallest absolute Gasteiger partial charge is 0.240 e. The van der Waals surface area contributed by atoms with E-state index in [0.717, 1.165) is 16.9 Å². The van der Waals surface area contributed by atoms with Crippen molar-refractivity contribution in [2.75, 3.05) is 13.7 Å². The molecule has 0 unspecified atom stereocenters. The van der Waals surface area contributed by atoms with Crippen LogP contribution in [0.15, 0.2) is 54.6 Å². The zero-order valence-corrected chi connectivity index (χ0v) is 12.7. The lowest BCUT2D eigenvalue weighted by atomic mass is 10.1. The second-order valence-electron chi connectivity index (χ2n) is 5.57. The highest BCUT2D eigenvalue weighted by Gasteiger charge is 2.28. The molecule has 0 bridgehead atoms. The van der Waals surface area contributed by atoms with Crippen LogP contribution in [0.1, 0.15) is 11.1 Å². The molecule has 0 spiro atoms. The fourth-order valence-corrected chi connectivity index (χ4v) is 2.54. The Labute approximate surface area is 130 Å². The normalized spacial score (nSPS) is 17.8. The van der Waals surface area contributed by atoms with Gasteiger partial charge in [0.2, 0.25) is 5.91 Å². The van der Waals surface area contributed by atoms with Gasteiger partial charge in [0.25, 0.3) is 0 Å². The molecule has 4 nitrogen and oxygen atoms in total. The quantitative estimate of drug-likeness (QED) is 0.919. The first-order chi connectivity index (χ1) is 10.7. The number of benzene rings is 2. The van der Waals surface area contributed by atoms with Crippen LogP contribution in [0.5, 0.6) is 5.75 Å². The maximum Gasteiger partial charge on any atom is 0.240 e. The van der Waals surface area contributed by atoms with E-state index in [-0.39, 0.29) is 11.9 Å². The molecule has 2 aromatic carbocycles. The molecule has 0 saturated carbocycles. The number of carbonyl (C=O) groups is 1. The van der Waals surface area contributed by atoms with Gasteiger partial charge in [-0.2, -0.15) is 0 Å². The molecule has 1 saturated heterocycles. The molecule has 0 radical (unpaired) electrons. The molecule has 1 amide bonds. The first kappa shape index (κ1) is 14.6. The van der Waals surface area contributed by atoms with E-state index in [1.54, 1.807) is 4.90 Å². The van der Waals surface area contributed by atoms with Gasteiger partial charge in [-0.05, 0) is 29.7 Å². The summed E-state index contributed by atoms with van der Waals surface area (Å²) in [6, 6.07) is 17.9. The number of amides is 1. The number of rotatable bonds is 5. The Kier molecular flexibility index (Phi) is 4.39. The minimum absolute atomic E-state index is 0.110. The molecule has 0 aromatic heterocycles. The van der Waals surface area contributed by atoms with E-state index in [1.165, 1.54) is 0 Å². The Balaban J connectivity index is 1.55. The maximum atomic E-state index is 11.9. The van der Waals surface area contributed by atoms with E-state index < -0.39 is 0 Å². The Morgan fingerprint density at radius 1 is 1.09 bits per heavy atom. The minimum Gasteiger partial charge on any atom is -0.489 e. The number of carbonyl (C=O) groups excluding carboxylic acids is 1. The number of likely N-dealkylation sites (N-methyl/N-ethyl adjacent to an activating group) is 1. The zero-order chi connectivity index (χ0) is 15.4. The molecule has 1 N–H and O–H groups in total. The van der Waals surface area contributed by atoms with Crippen LogP contribution in [-0.2, 0) is 17.8 Å². The largest absolute Gasteiger partial charge is 0.489 e. The molecule has 0 aliphatic carbocycles. The molecular weight excluding hydrogens is 276 g/mol. The number of hydrogen-bond donors (Lipinski definition) is 1. The lowest BCUT2D eigenvalue weighted by Gasteiger charge is -2.10. The third kappa shape index (κ3) is 3.46. The first-order valence-electron chi connectivity index (χ1n) is 7.46. The Morgan fingerprint density at radius 3 is 2.45 bits per heavy atom. The van der Waals surface area contributed by atoms with Gasteiger partial charge in [0.1, 0.15) is 12.4 Å². The first-order valence-corrected chi connectivity index (χ1v) is 7.46. The summed E-state index contributed by atoms with van der Waals surface area (Å²) in [6.07, 6.45) is 0.710. The van der Waals surface area contributed by atoms with Gasteiger partial charge in [0.15, 0.2) is 0 Å². The Morgan fingerprint density at radius 2 is 1.82 bits per heavy atom. The maximum absolute atomic E-state index is 11.9. The van der Waals surface area contributed by atoms with Crippen LogP contribution >= 0.6 is 0 Å². The third-order valence-corrected chi connectivity index (χ3v) is 3.86. The van der Waals surface area contributed by atoms with Gasteiger partial charge < -0.3 is 9.64 Å². The highest BCUT2D eigenvalue weighted by atomic mass is 16.5. The number of nitrogens with one attached hydrogen (secondary N) is 1. The summed E-state index contributed by atoms with van der Waals surface area (Å²) >= 11 is 0. The van der Waals surface area contributed by atoms with E-state index in [4.69, 9.17) is 4.74 Å². The fourth-order valence-electron chi connectivity index (χ4n) is 2.54. The molecule has 1 atom stereocenters. The number of nitrogens with zero attached hydrogens (tertiary/aromatic N) is 1. The van der Waals surface area contributed by atoms with Gasteiger partial charge in [-0.1, -0.05) is 42.5 Å². The van der Waals surface area contributed by atoms with Crippen LogP contribution in [0, 0.1) is 0 Å². The van der Waals surface area contributed by atoms with Gasteiger partial charge in [0, 0.05) is 7.05 Å². The van der Waals surface area contributed by atoms with Crippen molar-refractivity contribution in [3.8, 4) is 5.75 Å². The lowest BCUT2D eigenvalue weighted by Crippen LogP contribution is -2.30. The van der Waals surface area contributed by atoms with Crippen molar-refractivity contribution in [1.29, 1.82) is 0 Å². The highest BCUT2D eigenvalue weighted by Crippen LogP contribution is 2.16. The van der Waals surface area contributed by atoms with Gasteiger partial charge in [-0.25, -0.2) is 0 Å². The number of hydrogen-bond acceptors (Lipinski definition) is 3. The molecule has 114 valence electrons. The van der Waals surface area contributed by atoms with Gasteiger partial charge in [-0.3, -0.25) is 10.1 Å². The number of ether oxygens (including phenoxy) is 1. The summed E-state index contributed by atoms with van der Waals surface area (Å²) < 4.78 is 5.76. The standard InChI is InChI=1S/C18H20N2O2/c1-20-13-19-17(18(20)21)11-14-7-9-16(10-8-14)22-12-15-5-3-2-4-6-15/h2-10,17,19H,11-13H2,1H3/t17-/m0/s1. The van der Waals surface area contributed by atoms with Gasteiger partial charge in [0.05, 0.1) is 12.7 Å². The fraction of sp³-hybridized carbons (Fsp3) is 0.278. The van der Waals surface area contributed by atoms with Crippen molar-refractivity contribution in [2.45, 2.75) is 19.1 Å². The lowest BCUT2D eigenvalue weighted by molar-refractivity contribution is -0.127. The van der Waals surface area contributed by atoms with E-state index in [2.05, 4.69) is 5.32 Å². The second-order valence-corrected chi connectivity index (χ2v) is 5.57. The summed E-state index contributed by atoms with van der Waals surface area (Å²) in [5, 5.41) is 3.21. The van der Waals surface area contributed by atoms with Crippen LogP contribution in [-0.4, -0.2) is 30.6 Å². The molecule has 2 aromatic rings. The molecule has 1 aliphatic rings. The molecule has 3 rings (SSSR count). The molecule has 4 heteroatoms. The minimum atomic E-state index is -0.110. The topological polar surface area (TPSA) is 41.6 Å². The Bertz CT molecular complexity index is 625. The van der Waals surface area contributed by atoms with Crippen LogP contribution in [0.4, 0.5) is 0 Å². The zero-order valence-electron chi connectivity index (χ0n) is 12.7. The van der Waals surface area contributed by atoms with Crippen LogP contribution in [0.2, 0.25) is 0 Å². The van der Waals surface area contributed by atoms with E-state index in [1.807, 2.05) is 61.6 Å². The van der Waals surface area contributed by atoms with E-state index in [9.17, 15) is 4.79 Å². The summed E-state index contributed by atoms with van der Waals surface area (Å²) in [4.78, 5) is 13.6. The predicted molar refractivity (Wildman–Crippen MR) is 85.5 cm³/mol. The van der Waals surface area contributed by atoms with Crippen LogP contribution < -0.4 is 10.1 Å². The van der Waals surface area contributed by atoms with Crippen LogP contribution in [0.3, 0.4) is 0 Å². The monoisotopic (exact) mass is 296 g/mol. The van der Waals surface area contributed by atoms with Crippen LogP contribution in [0.25, 0.3) is 0 Å². The van der Waals surface area contributed by atoms with Crippen molar-refractivity contribution >= 4 is 5.91 Å². The average Bonchev–Trinajstić information content (AvgIpc) is 2.87. The van der Waals surface area contributed by atoms with Crippen molar-refractivity contribution < 1.29 is 9.53 Å². The van der Waals surface area contributed by atoms with E-state index in [0.29, 0.717) is 19.7 Å². The summed E-state index contributed by atoms with van der Waals surface area (Å²) in [5.41, 5.74) is 2.28. The van der Waals surface area contributed by atoms with Crippen molar-refractivity contribution in [1.82, 2.24) is 10.2 Å². The SMILES string of the molecule is CN1CN[C@@H](Cc2ccc(OCc3ccccc3)cc2)C1=O. The van der Waals surface area contributed by atoms with Gasteiger partial charge in [-0.15, -0.1) is 0 Å². The summed E-state index contributed by atoms with van der Waals surface area (Å²) in [7, 11) is 1.82.